The molecule has 0 radical (unpaired) electrons. The first-order chi connectivity index (χ1) is 19.8. The molecule has 1 atom stereocenters. The van der Waals surface area contributed by atoms with Gasteiger partial charge in [0.2, 0.25) is 11.8 Å². The van der Waals surface area contributed by atoms with Crippen LogP contribution < -0.4 is 9.62 Å². The van der Waals surface area contributed by atoms with Gasteiger partial charge in [0.1, 0.15) is 12.6 Å². The first kappa shape index (κ1) is 30.8. The maximum absolute atomic E-state index is 14.1. The molecule has 3 aromatic carbocycles. The van der Waals surface area contributed by atoms with E-state index >= 15 is 0 Å². The van der Waals surface area contributed by atoms with Crippen molar-refractivity contribution in [3.63, 3.8) is 0 Å². The third-order valence-electron chi connectivity index (χ3n) is 7.55. The molecule has 0 saturated heterocycles. The monoisotopic (exact) mass is 639 g/mol. The lowest BCUT2D eigenvalue weighted by Crippen LogP contribution is -2.54. The summed E-state index contributed by atoms with van der Waals surface area (Å²) in [5.41, 5.74) is 1.41. The van der Waals surface area contributed by atoms with Gasteiger partial charge in [0.15, 0.2) is 0 Å². The number of anilines is 1. The molecular weight excluding hydrogens is 602 g/mol. The Morgan fingerprint density at radius 3 is 2.12 bits per heavy atom. The summed E-state index contributed by atoms with van der Waals surface area (Å²) in [6, 6.07) is 24.1. The van der Waals surface area contributed by atoms with E-state index in [0.717, 1.165) is 40.0 Å². The molecule has 218 valence electrons. The van der Waals surface area contributed by atoms with Gasteiger partial charge in [0.25, 0.3) is 10.0 Å². The van der Waals surface area contributed by atoms with Crippen molar-refractivity contribution >= 4 is 43.5 Å². The van der Waals surface area contributed by atoms with Gasteiger partial charge in [-0.25, -0.2) is 8.42 Å². The summed E-state index contributed by atoms with van der Waals surface area (Å²) < 4.78 is 29.6. The molecule has 41 heavy (non-hydrogen) atoms. The van der Waals surface area contributed by atoms with E-state index in [1.165, 1.54) is 18.6 Å². The fourth-order valence-corrected chi connectivity index (χ4v) is 7.00. The van der Waals surface area contributed by atoms with E-state index in [0.29, 0.717) is 25.1 Å². The molecule has 3 aromatic rings. The minimum Gasteiger partial charge on any atom is -0.352 e. The van der Waals surface area contributed by atoms with Gasteiger partial charge in [0.05, 0.1) is 10.6 Å². The molecule has 7 nitrogen and oxygen atoms in total. The second-order valence-electron chi connectivity index (χ2n) is 10.4. The molecular formula is C32H38BrN3O4S. The average Bonchev–Trinajstić information content (AvgIpc) is 2.99. The van der Waals surface area contributed by atoms with E-state index in [2.05, 4.69) is 21.2 Å². The van der Waals surface area contributed by atoms with Gasteiger partial charge >= 0.3 is 0 Å². The normalized spacial score (nSPS) is 14.7. The van der Waals surface area contributed by atoms with Crippen molar-refractivity contribution in [1.82, 2.24) is 10.2 Å². The summed E-state index contributed by atoms with van der Waals surface area (Å²) in [4.78, 5) is 29.3. The highest BCUT2D eigenvalue weighted by Crippen LogP contribution is 2.26. The topological polar surface area (TPSA) is 86.8 Å². The maximum Gasteiger partial charge on any atom is 0.264 e. The van der Waals surface area contributed by atoms with Crippen LogP contribution in [0.2, 0.25) is 0 Å². The maximum atomic E-state index is 14.1. The van der Waals surface area contributed by atoms with Crippen LogP contribution in [0, 0.1) is 0 Å². The van der Waals surface area contributed by atoms with Crippen LogP contribution in [0.15, 0.2) is 94.3 Å². The lowest BCUT2D eigenvalue weighted by molar-refractivity contribution is -0.140. The van der Waals surface area contributed by atoms with Crippen molar-refractivity contribution in [2.24, 2.45) is 0 Å². The molecule has 1 saturated carbocycles. The SMILES string of the molecule is CC[C@H](C(=O)NC1CCCCC1)N(CCc1ccccc1)C(=O)CN(c1ccc(Br)cc1)S(=O)(=O)c1ccccc1. The lowest BCUT2D eigenvalue weighted by atomic mass is 9.95. The Morgan fingerprint density at radius 1 is 0.902 bits per heavy atom. The number of halogens is 1. The van der Waals surface area contributed by atoms with Crippen LogP contribution in [0.3, 0.4) is 0 Å². The molecule has 0 aliphatic heterocycles. The summed E-state index contributed by atoms with van der Waals surface area (Å²) in [5, 5.41) is 3.18. The minimum atomic E-state index is -4.07. The van der Waals surface area contributed by atoms with Gasteiger partial charge < -0.3 is 10.2 Å². The third kappa shape index (κ3) is 8.20. The number of hydrogen-bond acceptors (Lipinski definition) is 4. The Hall–Kier alpha value is -3.17. The van der Waals surface area contributed by atoms with Crippen LogP contribution in [0.4, 0.5) is 5.69 Å². The van der Waals surface area contributed by atoms with Crippen molar-refractivity contribution in [2.75, 3.05) is 17.4 Å². The summed E-state index contributed by atoms with van der Waals surface area (Å²) in [6.45, 7) is 1.75. The highest BCUT2D eigenvalue weighted by molar-refractivity contribution is 9.10. The van der Waals surface area contributed by atoms with Crippen molar-refractivity contribution < 1.29 is 18.0 Å². The zero-order chi connectivity index (χ0) is 29.2. The molecule has 1 N–H and O–H groups in total. The summed E-state index contributed by atoms with van der Waals surface area (Å²) >= 11 is 3.40. The molecule has 0 bridgehead atoms. The average molecular weight is 641 g/mol. The molecule has 4 rings (SSSR count). The van der Waals surface area contributed by atoms with Crippen LogP contribution in [-0.4, -0.2) is 50.3 Å². The van der Waals surface area contributed by atoms with Crippen LogP contribution in [0.1, 0.15) is 51.0 Å². The Bertz CT molecular complexity index is 1380. The Kier molecular flexibility index (Phi) is 11.0. The number of nitrogens with zero attached hydrogens (tertiary/aromatic N) is 2. The van der Waals surface area contributed by atoms with Crippen LogP contribution in [0.25, 0.3) is 0 Å². The van der Waals surface area contributed by atoms with E-state index in [-0.39, 0.29) is 16.8 Å². The number of benzene rings is 3. The second-order valence-corrected chi connectivity index (χ2v) is 13.2. The predicted octanol–water partition coefficient (Wildman–Crippen LogP) is 5.94. The van der Waals surface area contributed by atoms with Gasteiger partial charge in [-0.15, -0.1) is 0 Å². The Morgan fingerprint density at radius 2 is 1.51 bits per heavy atom. The van der Waals surface area contributed by atoms with Crippen LogP contribution in [-0.2, 0) is 26.0 Å². The molecule has 9 heteroatoms. The van der Waals surface area contributed by atoms with E-state index in [9.17, 15) is 18.0 Å². The number of amides is 2. The standard InChI is InChI=1S/C32H38BrN3O4S/c1-2-30(32(38)34-27-14-8-4-9-15-27)35(23-22-25-12-6-3-7-13-25)31(37)24-36(28-20-18-26(33)19-21-28)41(39,40)29-16-10-5-11-17-29/h3,5-7,10-13,16-21,27,30H,2,4,8-9,14-15,22-24H2,1H3,(H,34,38)/t30-/m1/s1. The number of carbonyl (C=O) groups is 2. The minimum absolute atomic E-state index is 0.0913. The highest BCUT2D eigenvalue weighted by atomic mass is 79.9. The van der Waals surface area contributed by atoms with Crippen molar-refractivity contribution in [3.8, 4) is 0 Å². The molecule has 0 unspecified atom stereocenters. The largest absolute Gasteiger partial charge is 0.352 e. The molecule has 1 aliphatic carbocycles. The zero-order valence-electron chi connectivity index (χ0n) is 23.4. The first-order valence-electron chi connectivity index (χ1n) is 14.3. The van der Waals surface area contributed by atoms with Gasteiger partial charge in [-0.3, -0.25) is 13.9 Å². The fourth-order valence-electron chi connectivity index (χ4n) is 5.30. The third-order valence-corrected chi connectivity index (χ3v) is 9.86. The number of carbonyl (C=O) groups excluding carboxylic acids is 2. The van der Waals surface area contributed by atoms with Crippen LogP contribution in [0.5, 0.6) is 0 Å². The zero-order valence-corrected chi connectivity index (χ0v) is 25.8. The van der Waals surface area contributed by atoms with Gasteiger partial charge in [-0.2, -0.15) is 0 Å². The number of nitrogens with one attached hydrogen (secondary N) is 1. The van der Waals surface area contributed by atoms with E-state index in [4.69, 9.17) is 0 Å². The summed E-state index contributed by atoms with van der Waals surface area (Å²) in [7, 11) is -4.07. The van der Waals surface area contributed by atoms with E-state index in [1.807, 2.05) is 37.3 Å². The molecule has 0 aromatic heterocycles. The van der Waals surface area contributed by atoms with E-state index in [1.54, 1.807) is 47.4 Å². The van der Waals surface area contributed by atoms with Crippen molar-refractivity contribution in [3.05, 3.63) is 95.0 Å². The molecule has 0 heterocycles. The number of hydrogen-bond donors (Lipinski definition) is 1. The van der Waals surface area contributed by atoms with E-state index < -0.39 is 28.5 Å². The number of rotatable bonds is 12. The van der Waals surface area contributed by atoms with Gasteiger partial charge in [0, 0.05) is 17.1 Å². The predicted molar refractivity (Wildman–Crippen MR) is 166 cm³/mol. The second kappa shape index (κ2) is 14.6. The molecule has 1 aliphatic rings. The van der Waals surface area contributed by atoms with Gasteiger partial charge in [-0.05, 0) is 67.6 Å². The van der Waals surface area contributed by atoms with Crippen molar-refractivity contribution in [2.45, 2.75) is 68.8 Å². The quantitative estimate of drug-likeness (QED) is 0.266. The van der Waals surface area contributed by atoms with Crippen molar-refractivity contribution in [1.29, 1.82) is 0 Å². The Balaban J connectivity index is 1.65. The Labute approximate surface area is 252 Å². The van der Waals surface area contributed by atoms with Crippen LogP contribution >= 0.6 is 15.9 Å². The van der Waals surface area contributed by atoms with Gasteiger partial charge in [-0.1, -0.05) is 90.6 Å². The highest BCUT2D eigenvalue weighted by Gasteiger charge is 2.34. The number of sulfonamides is 1. The molecule has 1 fully saturated rings. The molecule has 0 spiro atoms. The lowest BCUT2D eigenvalue weighted by Gasteiger charge is -2.34. The molecule has 2 amide bonds. The smallest absolute Gasteiger partial charge is 0.264 e. The fraction of sp³-hybridized carbons (Fsp3) is 0.375. The summed E-state index contributed by atoms with van der Waals surface area (Å²) in [5.74, 6) is -0.601. The first-order valence-corrected chi connectivity index (χ1v) is 16.5. The summed E-state index contributed by atoms with van der Waals surface area (Å²) in [6.07, 6.45) is 6.18.